The maximum absolute atomic E-state index is 13.2. The van der Waals surface area contributed by atoms with Crippen molar-refractivity contribution in [3.8, 4) is 5.75 Å². The van der Waals surface area contributed by atoms with E-state index in [4.69, 9.17) is 9.47 Å². The summed E-state index contributed by atoms with van der Waals surface area (Å²) in [6.45, 7) is 2.21. The summed E-state index contributed by atoms with van der Waals surface area (Å²) in [5.74, 6) is 0.279. The fourth-order valence-corrected chi connectivity index (χ4v) is 3.86. The normalized spacial score (nSPS) is 21.3. The lowest BCUT2D eigenvalue weighted by atomic mass is 9.74. The first-order valence-electron chi connectivity index (χ1n) is 9.54. The predicted molar refractivity (Wildman–Crippen MR) is 99.6 cm³/mol. The second-order valence-electron chi connectivity index (χ2n) is 7.52. The summed E-state index contributed by atoms with van der Waals surface area (Å²) in [6.07, 6.45) is 6.01. The summed E-state index contributed by atoms with van der Waals surface area (Å²) in [5, 5.41) is 3.69. The van der Waals surface area contributed by atoms with Crippen molar-refractivity contribution in [3.63, 3.8) is 0 Å². The highest BCUT2D eigenvalue weighted by Gasteiger charge is 2.42. The molecule has 1 heterocycles. The van der Waals surface area contributed by atoms with Gasteiger partial charge in [0, 0.05) is 25.3 Å². The van der Waals surface area contributed by atoms with Crippen molar-refractivity contribution < 1.29 is 13.9 Å². The zero-order valence-corrected chi connectivity index (χ0v) is 15.0. The zero-order chi connectivity index (χ0) is 17.8. The standard InChI is InChI=1S/C22H26FNO2/c23-19-3-1-4-21(13-19)25-16-18-7-5-17(6-8-18)15-24-20-9-12-26-22(14-20)10-2-11-22/h1,3-8,13,20,24H,2,9-12,14-16H2. The minimum Gasteiger partial charge on any atom is -0.489 e. The van der Waals surface area contributed by atoms with E-state index < -0.39 is 0 Å². The molecule has 1 aliphatic carbocycles. The van der Waals surface area contributed by atoms with Crippen LogP contribution >= 0.6 is 0 Å². The molecule has 1 unspecified atom stereocenters. The van der Waals surface area contributed by atoms with Crippen molar-refractivity contribution in [2.75, 3.05) is 6.61 Å². The van der Waals surface area contributed by atoms with E-state index in [0.717, 1.165) is 31.6 Å². The molecular formula is C22H26FNO2. The molecule has 26 heavy (non-hydrogen) atoms. The summed E-state index contributed by atoms with van der Waals surface area (Å²) in [5.41, 5.74) is 2.54. The topological polar surface area (TPSA) is 30.5 Å². The van der Waals surface area contributed by atoms with E-state index >= 15 is 0 Å². The quantitative estimate of drug-likeness (QED) is 0.822. The Hall–Kier alpha value is -1.91. The molecule has 2 aliphatic rings. The van der Waals surface area contributed by atoms with Crippen LogP contribution < -0.4 is 10.1 Å². The van der Waals surface area contributed by atoms with Gasteiger partial charge >= 0.3 is 0 Å². The third kappa shape index (κ3) is 4.25. The first kappa shape index (κ1) is 17.5. The maximum Gasteiger partial charge on any atom is 0.126 e. The lowest BCUT2D eigenvalue weighted by Gasteiger charge is -2.47. The van der Waals surface area contributed by atoms with Crippen molar-refractivity contribution in [1.82, 2.24) is 5.32 Å². The largest absolute Gasteiger partial charge is 0.489 e. The van der Waals surface area contributed by atoms with Gasteiger partial charge in [-0.3, -0.25) is 0 Å². The summed E-state index contributed by atoms with van der Waals surface area (Å²) in [4.78, 5) is 0. The Bertz CT molecular complexity index is 727. The van der Waals surface area contributed by atoms with E-state index in [1.54, 1.807) is 12.1 Å². The zero-order valence-electron chi connectivity index (χ0n) is 15.0. The van der Waals surface area contributed by atoms with Gasteiger partial charge < -0.3 is 14.8 Å². The number of hydrogen-bond acceptors (Lipinski definition) is 3. The van der Waals surface area contributed by atoms with Crippen LogP contribution in [0.4, 0.5) is 4.39 Å². The first-order chi connectivity index (χ1) is 12.7. The minimum absolute atomic E-state index is 0.189. The fourth-order valence-electron chi connectivity index (χ4n) is 3.86. The van der Waals surface area contributed by atoms with E-state index in [1.165, 1.54) is 37.0 Å². The molecule has 1 saturated carbocycles. The molecule has 1 atom stereocenters. The third-order valence-corrected chi connectivity index (χ3v) is 5.58. The van der Waals surface area contributed by atoms with Gasteiger partial charge in [-0.1, -0.05) is 30.3 Å². The first-order valence-corrected chi connectivity index (χ1v) is 9.54. The highest BCUT2D eigenvalue weighted by Crippen LogP contribution is 2.42. The highest BCUT2D eigenvalue weighted by molar-refractivity contribution is 5.25. The smallest absolute Gasteiger partial charge is 0.126 e. The molecule has 2 aromatic carbocycles. The van der Waals surface area contributed by atoms with Crippen LogP contribution in [0.2, 0.25) is 0 Å². The Morgan fingerprint density at radius 1 is 1.12 bits per heavy atom. The molecule has 1 spiro atoms. The predicted octanol–water partition coefficient (Wildman–Crippen LogP) is 4.60. The van der Waals surface area contributed by atoms with Crippen LogP contribution in [0, 0.1) is 5.82 Å². The number of ether oxygens (including phenoxy) is 2. The molecule has 0 aromatic heterocycles. The average Bonchev–Trinajstić information content (AvgIpc) is 2.65. The Kier molecular flexibility index (Phi) is 5.23. The monoisotopic (exact) mass is 355 g/mol. The van der Waals surface area contributed by atoms with Gasteiger partial charge in [-0.15, -0.1) is 0 Å². The van der Waals surface area contributed by atoms with Crippen molar-refractivity contribution in [3.05, 3.63) is 65.5 Å². The van der Waals surface area contributed by atoms with Gasteiger partial charge in [-0.2, -0.15) is 0 Å². The Labute approximate surface area is 154 Å². The van der Waals surface area contributed by atoms with Crippen LogP contribution in [-0.4, -0.2) is 18.2 Å². The molecule has 0 bridgehead atoms. The molecule has 1 aliphatic heterocycles. The van der Waals surface area contributed by atoms with Crippen LogP contribution in [0.15, 0.2) is 48.5 Å². The second-order valence-corrected chi connectivity index (χ2v) is 7.52. The van der Waals surface area contributed by atoms with Gasteiger partial charge in [-0.05, 0) is 55.4 Å². The minimum atomic E-state index is -0.277. The number of halogens is 1. The summed E-state index contributed by atoms with van der Waals surface area (Å²) < 4.78 is 24.8. The number of nitrogens with one attached hydrogen (secondary N) is 1. The molecule has 0 radical (unpaired) electrons. The van der Waals surface area contributed by atoms with E-state index in [1.807, 2.05) is 0 Å². The number of rotatable bonds is 6. The third-order valence-electron chi connectivity index (χ3n) is 5.58. The molecule has 138 valence electrons. The van der Waals surface area contributed by atoms with Gasteiger partial charge in [0.15, 0.2) is 0 Å². The molecule has 0 amide bonds. The van der Waals surface area contributed by atoms with E-state index in [-0.39, 0.29) is 11.4 Å². The van der Waals surface area contributed by atoms with Crippen LogP contribution in [0.1, 0.15) is 43.2 Å². The SMILES string of the molecule is Fc1cccc(OCc2ccc(CNC3CCOC4(CCC4)C3)cc2)c1. The van der Waals surface area contributed by atoms with Gasteiger partial charge in [0.2, 0.25) is 0 Å². The second kappa shape index (κ2) is 7.77. The molecule has 4 rings (SSSR count). The van der Waals surface area contributed by atoms with Gasteiger partial charge in [0.1, 0.15) is 18.2 Å². The molecule has 1 saturated heterocycles. The average molecular weight is 355 g/mol. The van der Waals surface area contributed by atoms with Crippen LogP contribution in [0.3, 0.4) is 0 Å². The summed E-state index contributed by atoms with van der Waals surface area (Å²) >= 11 is 0. The summed E-state index contributed by atoms with van der Waals surface area (Å²) in [7, 11) is 0. The van der Waals surface area contributed by atoms with Crippen molar-refractivity contribution >= 4 is 0 Å². The maximum atomic E-state index is 13.2. The molecule has 2 aromatic rings. The van der Waals surface area contributed by atoms with Crippen molar-refractivity contribution in [1.29, 1.82) is 0 Å². The molecule has 2 fully saturated rings. The number of hydrogen-bond donors (Lipinski definition) is 1. The van der Waals surface area contributed by atoms with E-state index in [0.29, 0.717) is 18.4 Å². The van der Waals surface area contributed by atoms with E-state index in [2.05, 4.69) is 29.6 Å². The molecular weight excluding hydrogens is 329 g/mol. The molecule has 4 heteroatoms. The van der Waals surface area contributed by atoms with Gasteiger partial charge in [-0.25, -0.2) is 4.39 Å². The lowest BCUT2D eigenvalue weighted by Crippen LogP contribution is -2.50. The summed E-state index contributed by atoms with van der Waals surface area (Å²) in [6, 6.07) is 15.2. The van der Waals surface area contributed by atoms with Crippen molar-refractivity contribution in [2.24, 2.45) is 0 Å². The Balaban J connectivity index is 1.25. The fraction of sp³-hybridized carbons (Fsp3) is 0.455. The highest BCUT2D eigenvalue weighted by atomic mass is 19.1. The van der Waals surface area contributed by atoms with Crippen LogP contribution in [0.25, 0.3) is 0 Å². The van der Waals surface area contributed by atoms with E-state index in [9.17, 15) is 4.39 Å². The number of benzene rings is 2. The van der Waals surface area contributed by atoms with Gasteiger partial charge in [0.05, 0.1) is 5.60 Å². The molecule has 1 N–H and O–H groups in total. The molecule has 3 nitrogen and oxygen atoms in total. The van der Waals surface area contributed by atoms with Crippen LogP contribution in [0.5, 0.6) is 5.75 Å². The lowest BCUT2D eigenvalue weighted by molar-refractivity contribution is -0.135. The van der Waals surface area contributed by atoms with Gasteiger partial charge in [0.25, 0.3) is 0 Å². The Morgan fingerprint density at radius 3 is 2.65 bits per heavy atom. The van der Waals surface area contributed by atoms with Crippen LogP contribution in [-0.2, 0) is 17.9 Å². The van der Waals surface area contributed by atoms with Crippen molar-refractivity contribution in [2.45, 2.75) is 56.9 Å². The Morgan fingerprint density at radius 2 is 1.92 bits per heavy atom.